The van der Waals surface area contributed by atoms with Crippen LogP contribution in [0.3, 0.4) is 0 Å². The third-order valence-corrected chi connectivity index (χ3v) is 9.75. The van der Waals surface area contributed by atoms with Crippen molar-refractivity contribution in [3.63, 3.8) is 0 Å². The molecule has 3 fully saturated rings. The van der Waals surface area contributed by atoms with Crippen molar-refractivity contribution in [1.29, 1.82) is 0 Å². The number of hydrazine groups is 1. The summed E-state index contributed by atoms with van der Waals surface area (Å²) in [6.07, 6.45) is 6.86. The molecule has 0 unspecified atom stereocenters. The molecule has 150 valence electrons. The van der Waals surface area contributed by atoms with Crippen LogP contribution in [0.5, 0.6) is 0 Å². The van der Waals surface area contributed by atoms with Gasteiger partial charge in [-0.25, -0.2) is 4.78 Å². The molecule has 3 heterocycles. The van der Waals surface area contributed by atoms with Gasteiger partial charge in [-0.15, -0.1) is 0 Å². The number of likely N-dealkylation sites (tertiary alicyclic amines) is 1. The average molecular weight is 418 g/mol. The fourth-order valence-electron chi connectivity index (χ4n) is 4.58. The van der Waals surface area contributed by atoms with Crippen molar-refractivity contribution < 1.29 is 9.26 Å². The van der Waals surface area contributed by atoms with E-state index in [4.69, 9.17) is 21.1 Å². The Labute approximate surface area is 172 Å². The molecule has 1 aliphatic carbocycles. The molecule has 3 saturated heterocycles. The highest BCUT2D eigenvalue weighted by molar-refractivity contribution is 8.15. The SMILES string of the molecule is S=[P@@]1(OC[C@@H]2CCCO2)C2=C(N3CCCC3)CCC=C2NN1c1ccccc1. The maximum Gasteiger partial charge on any atom is 0.208 e. The van der Waals surface area contributed by atoms with Gasteiger partial charge in [0, 0.05) is 25.4 Å². The number of benzene rings is 1. The summed E-state index contributed by atoms with van der Waals surface area (Å²) in [6.45, 7) is 3.69. The molecular weight excluding hydrogens is 389 g/mol. The summed E-state index contributed by atoms with van der Waals surface area (Å²) >= 11 is 6.39. The van der Waals surface area contributed by atoms with E-state index >= 15 is 0 Å². The predicted octanol–water partition coefficient (Wildman–Crippen LogP) is 4.50. The zero-order valence-electron chi connectivity index (χ0n) is 16.2. The summed E-state index contributed by atoms with van der Waals surface area (Å²) in [4.78, 5) is 2.55. The Bertz CT molecular complexity index is 829. The van der Waals surface area contributed by atoms with E-state index in [1.807, 2.05) is 6.07 Å². The number of allylic oxidation sites excluding steroid dienone is 3. The first-order valence-corrected chi connectivity index (χ1v) is 13.1. The molecule has 2 atom stereocenters. The van der Waals surface area contributed by atoms with E-state index in [0.717, 1.165) is 56.8 Å². The van der Waals surface area contributed by atoms with E-state index in [0.29, 0.717) is 6.61 Å². The normalized spacial score (nSPS) is 29.9. The fraction of sp³-hybridized carbons (Fsp3) is 0.524. The van der Waals surface area contributed by atoms with Gasteiger partial charge in [-0.05, 0) is 62.5 Å². The Morgan fingerprint density at radius 3 is 2.75 bits per heavy atom. The van der Waals surface area contributed by atoms with Crippen molar-refractivity contribution in [2.75, 3.05) is 31.1 Å². The maximum absolute atomic E-state index is 6.64. The lowest BCUT2D eigenvalue weighted by Gasteiger charge is -2.32. The molecule has 7 heteroatoms. The van der Waals surface area contributed by atoms with Crippen LogP contribution in [-0.2, 0) is 21.1 Å². The standard InChI is InChI=1S/C21H28N3O2PS/c28-27(26-16-18-10-7-15-25-18)21-19(22-24(27)17-8-2-1-3-9-17)11-6-12-20(21)23-13-4-5-14-23/h1-3,8-9,11,18,22H,4-7,10,12-16H2/t18-,27-/m0/s1. The Morgan fingerprint density at radius 1 is 1.18 bits per heavy atom. The minimum atomic E-state index is -2.45. The topological polar surface area (TPSA) is 37.0 Å². The molecule has 3 aliphatic heterocycles. The van der Waals surface area contributed by atoms with Gasteiger partial charge in [-0.1, -0.05) is 24.3 Å². The molecule has 0 radical (unpaired) electrons. The minimum absolute atomic E-state index is 0.171. The number of rotatable bonds is 5. The number of anilines is 1. The van der Waals surface area contributed by atoms with Crippen molar-refractivity contribution in [1.82, 2.24) is 10.3 Å². The smallest absolute Gasteiger partial charge is 0.208 e. The maximum atomic E-state index is 6.64. The minimum Gasteiger partial charge on any atom is -0.376 e. The number of para-hydroxylation sites is 1. The van der Waals surface area contributed by atoms with Crippen LogP contribution in [0.25, 0.3) is 0 Å². The molecule has 28 heavy (non-hydrogen) atoms. The highest BCUT2D eigenvalue weighted by Gasteiger charge is 2.45. The summed E-state index contributed by atoms with van der Waals surface area (Å²) in [5, 5.41) is 1.25. The number of nitrogens with zero attached hydrogens (tertiary/aromatic N) is 2. The second-order valence-electron chi connectivity index (χ2n) is 7.86. The summed E-state index contributed by atoms with van der Waals surface area (Å²) in [7, 11) is 0. The quantitative estimate of drug-likeness (QED) is 0.711. The van der Waals surface area contributed by atoms with Gasteiger partial charge in [0.2, 0.25) is 6.42 Å². The van der Waals surface area contributed by atoms with Gasteiger partial charge < -0.3 is 14.2 Å². The molecule has 1 aromatic carbocycles. The monoisotopic (exact) mass is 417 g/mol. The summed E-state index contributed by atoms with van der Waals surface area (Å²) in [5.74, 6) is 0. The Kier molecular flexibility index (Phi) is 5.22. The van der Waals surface area contributed by atoms with Crippen LogP contribution in [0.15, 0.2) is 53.1 Å². The Balaban J connectivity index is 1.55. The van der Waals surface area contributed by atoms with Gasteiger partial charge in [0.1, 0.15) is 0 Å². The average Bonchev–Trinajstić information content (AvgIpc) is 3.48. The summed E-state index contributed by atoms with van der Waals surface area (Å²) in [5.41, 5.74) is 7.26. The summed E-state index contributed by atoms with van der Waals surface area (Å²) in [6, 6.07) is 10.4. The molecule has 0 saturated carbocycles. The largest absolute Gasteiger partial charge is 0.376 e. The number of fused-ring (bicyclic) bond motifs is 1. The van der Waals surface area contributed by atoms with E-state index in [1.54, 1.807) is 0 Å². The number of nitrogens with one attached hydrogen (secondary N) is 1. The van der Waals surface area contributed by atoms with Gasteiger partial charge >= 0.3 is 0 Å². The van der Waals surface area contributed by atoms with Crippen LogP contribution < -0.4 is 10.2 Å². The molecule has 0 bridgehead atoms. The van der Waals surface area contributed by atoms with Crippen LogP contribution in [0.4, 0.5) is 5.69 Å². The van der Waals surface area contributed by atoms with Gasteiger partial charge in [0.25, 0.3) is 0 Å². The molecule has 0 aromatic heterocycles. The molecule has 4 aliphatic rings. The van der Waals surface area contributed by atoms with E-state index < -0.39 is 6.42 Å². The van der Waals surface area contributed by atoms with Crippen molar-refractivity contribution >= 4 is 23.9 Å². The molecule has 5 nitrogen and oxygen atoms in total. The van der Waals surface area contributed by atoms with E-state index in [2.05, 4.69) is 45.4 Å². The van der Waals surface area contributed by atoms with E-state index in [9.17, 15) is 0 Å². The Morgan fingerprint density at radius 2 is 2.00 bits per heavy atom. The van der Waals surface area contributed by atoms with Crippen LogP contribution in [0, 0.1) is 0 Å². The van der Waals surface area contributed by atoms with Crippen LogP contribution in [-0.4, -0.2) is 37.3 Å². The highest BCUT2D eigenvalue weighted by atomic mass is 32.4. The zero-order valence-corrected chi connectivity index (χ0v) is 17.9. The first kappa shape index (κ1) is 18.7. The molecule has 5 rings (SSSR count). The number of hydrogen-bond acceptors (Lipinski definition) is 5. The number of ether oxygens (including phenoxy) is 1. The zero-order chi connectivity index (χ0) is 19.0. The third-order valence-electron chi connectivity index (χ3n) is 5.98. The van der Waals surface area contributed by atoms with Crippen molar-refractivity contribution in [2.24, 2.45) is 0 Å². The van der Waals surface area contributed by atoms with Crippen LogP contribution in [0.2, 0.25) is 0 Å². The van der Waals surface area contributed by atoms with Crippen molar-refractivity contribution in [3.05, 3.63) is 53.1 Å². The first-order valence-electron chi connectivity index (χ1n) is 10.4. The second kappa shape index (κ2) is 7.83. The Hall–Kier alpha value is -1.33. The third kappa shape index (κ3) is 3.30. The van der Waals surface area contributed by atoms with Crippen molar-refractivity contribution in [3.8, 4) is 0 Å². The van der Waals surface area contributed by atoms with Gasteiger partial charge in [-0.3, -0.25) is 5.43 Å². The van der Waals surface area contributed by atoms with E-state index in [1.165, 1.54) is 23.9 Å². The molecule has 0 amide bonds. The lowest BCUT2D eigenvalue weighted by Crippen LogP contribution is -2.28. The first-order chi connectivity index (χ1) is 13.8. The van der Waals surface area contributed by atoms with Gasteiger partial charge in [-0.2, -0.15) is 0 Å². The second-order valence-corrected chi connectivity index (χ2v) is 11.5. The molecule has 1 aromatic rings. The molecular formula is C21H28N3O2PS. The van der Waals surface area contributed by atoms with Gasteiger partial charge in [0.05, 0.1) is 29.4 Å². The lowest BCUT2D eigenvalue weighted by atomic mass is 10.1. The number of hydrogen-bond donors (Lipinski definition) is 1. The fourth-order valence-corrected chi connectivity index (χ4v) is 8.29. The van der Waals surface area contributed by atoms with E-state index in [-0.39, 0.29) is 6.10 Å². The predicted molar refractivity (Wildman–Crippen MR) is 116 cm³/mol. The molecule has 0 spiro atoms. The highest BCUT2D eigenvalue weighted by Crippen LogP contribution is 2.67. The van der Waals surface area contributed by atoms with Crippen molar-refractivity contribution in [2.45, 2.75) is 44.6 Å². The summed E-state index contributed by atoms with van der Waals surface area (Å²) < 4.78 is 14.6. The van der Waals surface area contributed by atoms with Gasteiger partial charge in [0.15, 0.2) is 0 Å². The van der Waals surface area contributed by atoms with Crippen LogP contribution in [0.1, 0.15) is 38.5 Å². The lowest BCUT2D eigenvalue weighted by molar-refractivity contribution is 0.0721. The van der Waals surface area contributed by atoms with Crippen LogP contribution >= 0.6 is 6.42 Å². The molecule has 1 N–H and O–H groups in total.